The van der Waals surface area contributed by atoms with Gasteiger partial charge in [0.25, 0.3) is 5.91 Å². The summed E-state index contributed by atoms with van der Waals surface area (Å²) < 4.78 is 5.14. The fourth-order valence-corrected chi connectivity index (χ4v) is 9.14. The van der Waals surface area contributed by atoms with Crippen LogP contribution in [0.25, 0.3) is 0 Å². The van der Waals surface area contributed by atoms with Crippen LogP contribution in [-0.2, 0) is 4.79 Å². The highest BCUT2D eigenvalue weighted by Crippen LogP contribution is 2.61. The molecule has 2 aliphatic heterocycles. The fraction of sp³-hybridized carbons (Fsp3) is 0.143. The average molecular weight is 417 g/mol. The summed E-state index contributed by atoms with van der Waals surface area (Å²) in [6.07, 6.45) is 5.87. The molecule has 0 fully saturated rings. The van der Waals surface area contributed by atoms with Crippen molar-refractivity contribution < 1.29 is 4.79 Å². The second-order valence-electron chi connectivity index (χ2n) is 4.13. The van der Waals surface area contributed by atoms with E-state index in [1.54, 1.807) is 71.1 Å². The largest absolute Gasteiger partial charge is 0.306 e. The first-order valence-electron chi connectivity index (χ1n) is 6.40. The predicted molar refractivity (Wildman–Crippen MR) is 112 cm³/mol. The molecule has 2 aliphatic rings. The van der Waals surface area contributed by atoms with Gasteiger partial charge in [0.05, 0.1) is 21.9 Å². The number of hydrogen-bond donors (Lipinski definition) is 1. The summed E-state index contributed by atoms with van der Waals surface area (Å²) in [4.78, 5) is 17.1. The number of hydrogen-bond acceptors (Lipinski definition) is 8. The summed E-state index contributed by atoms with van der Waals surface area (Å²) in [5.74, 6) is 0.471. The van der Waals surface area contributed by atoms with E-state index in [2.05, 4.69) is 22.8 Å². The molecule has 3 nitrogen and oxygen atoms in total. The molecule has 1 aromatic heterocycles. The minimum absolute atomic E-state index is 0.104. The number of rotatable bonds is 4. The lowest BCUT2D eigenvalue weighted by Crippen LogP contribution is -2.12. The Morgan fingerprint density at radius 3 is 2.43 bits per heavy atom. The number of carbonyl (C=O) groups is 1. The molecule has 120 valence electrons. The molecule has 1 amide bonds. The van der Waals surface area contributed by atoms with Crippen LogP contribution in [0.3, 0.4) is 0 Å². The average Bonchev–Trinajstić information content (AvgIpc) is 3.22. The van der Waals surface area contributed by atoms with Gasteiger partial charge in [0, 0.05) is 6.20 Å². The Hall–Kier alpha value is -0.0600. The van der Waals surface area contributed by atoms with Crippen molar-refractivity contribution in [2.24, 2.45) is 0 Å². The maximum absolute atomic E-state index is 12.3. The normalized spacial score (nSPS) is 17.7. The van der Waals surface area contributed by atoms with Crippen LogP contribution in [-0.4, -0.2) is 23.4 Å². The van der Waals surface area contributed by atoms with Crippen LogP contribution in [0.15, 0.2) is 51.7 Å². The van der Waals surface area contributed by atoms with E-state index in [0.29, 0.717) is 10.7 Å². The highest BCUT2D eigenvalue weighted by atomic mass is 32.3. The van der Waals surface area contributed by atoms with Crippen LogP contribution in [0.2, 0.25) is 0 Å². The Balaban J connectivity index is 1.65. The molecule has 0 bridgehead atoms. The van der Waals surface area contributed by atoms with Crippen molar-refractivity contribution in [1.29, 1.82) is 0 Å². The summed E-state index contributed by atoms with van der Waals surface area (Å²) >= 11 is 10.3. The molecule has 0 radical (unpaired) electrons. The first-order valence-corrected chi connectivity index (χ1v) is 12.2. The van der Waals surface area contributed by atoms with Gasteiger partial charge in [-0.15, -0.1) is 23.5 Å². The van der Waals surface area contributed by atoms with Crippen molar-refractivity contribution in [3.05, 3.63) is 51.7 Å². The molecule has 0 saturated carbocycles. The topological polar surface area (TPSA) is 42.0 Å². The highest BCUT2D eigenvalue weighted by Gasteiger charge is 2.28. The molecule has 0 saturated heterocycles. The zero-order valence-electron chi connectivity index (χ0n) is 12.2. The van der Waals surface area contributed by atoms with E-state index in [-0.39, 0.29) is 5.91 Å². The summed E-state index contributed by atoms with van der Waals surface area (Å²) in [5.41, 5.74) is 0. The molecule has 0 atom stereocenters. The second kappa shape index (κ2) is 8.35. The van der Waals surface area contributed by atoms with Crippen LogP contribution >= 0.6 is 70.6 Å². The number of pyridine rings is 1. The lowest BCUT2D eigenvalue weighted by atomic mass is 10.4. The SMILES string of the molecule is CSC1=C(SC)SC(=C2SC=C(C(=O)Nc3ccccn3)S2)S1. The number of aromatic nitrogens is 1. The Morgan fingerprint density at radius 1 is 1.09 bits per heavy atom. The molecule has 0 unspecified atom stereocenters. The van der Waals surface area contributed by atoms with Gasteiger partial charge in [0.1, 0.15) is 5.82 Å². The third-order valence-electron chi connectivity index (χ3n) is 2.68. The maximum Gasteiger partial charge on any atom is 0.264 e. The molecular weight excluding hydrogens is 405 g/mol. The molecule has 23 heavy (non-hydrogen) atoms. The minimum atomic E-state index is -0.104. The van der Waals surface area contributed by atoms with E-state index < -0.39 is 0 Å². The van der Waals surface area contributed by atoms with Crippen molar-refractivity contribution in [3.8, 4) is 0 Å². The standard InChI is InChI=1S/C14H12N2OS6/c1-18-11-12(19-2)23-14(22-11)13-20-7-8(21-13)10(17)16-9-5-3-4-6-15-9/h3-7H,1-2H3,(H,15,16,17). The minimum Gasteiger partial charge on any atom is -0.306 e. The molecule has 0 aromatic carbocycles. The fourth-order valence-electron chi connectivity index (χ4n) is 1.67. The van der Waals surface area contributed by atoms with E-state index in [0.717, 1.165) is 0 Å². The third kappa shape index (κ3) is 4.32. The summed E-state index contributed by atoms with van der Waals surface area (Å²) in [7, 11) is 0. The maximum atomic E-state index is 12.3. The molecule has 1 N–H and O–H groups in total. The zero-order valence-corrected chi connectivity index (χ0v) is 17.1. The molecule has 0 aliphatic carbocycles. The van der Waals surface area contributed by atoms with Crippen molar-refractivity contribution >= 4 is 82.3 Å². The van der Waals surface area contributed by atoms with Gasteiger partial charge in [-0.25, -0.2) is 4.98 Å². The van der Waals surface area contributed by atoms with Gasteiger partial charge in [-0.05, 0) is 30.1 Å². The van der Waals surface area contributed by atoms with Crippen molar-refractivity contribution in [3.63, 3.8) is 0 Å². The quantitative estimate of drug-likeness (QED) is 0.660. The first kappa shape index (κ1) is 17.8. The van der Waals surface area contributed by atoms with Crippen LogP contribution < -0.4 is 5.32 Å². The number of amides is 1. The monoisotopic (exact) mass is 416 g/mol. The van der Waals surface area contributed by atoms with Gasteiger partial charge < -0.3 is 5.32 Å². The van der Waals surface area contributed by atoms with Crippen molar-refractivity contribution in [2.45, 2.75) is 0 Å². The van der Waals surface area contributed by atoms with Gasteiger partial charge >= 0.3 is 0 Å². The van der Waals surface area contributed by atoms with Gasteiger partial charge in [0.15, 0.2) is 0 Å². The number of carbonyl (C=O) groups excluding carboxylic acids is 1. The number of anilines is 1. The van der Waals surface area contributed by atoms with Gasteiger partial charge in [-0.3, -0.25) is 4.79 Å². The summed E-state index contributed by atoms with van der Waals surface area (Å²) in [6, 6.07) is 5.46. The molecule has 1 aromatic rings. The smallest absolute Gasteiger partial charge is 0.264 e. The highest BCUT2D eigenvalue weighted by molar-refractivity contribution is 8.42. The zero-order chi connectivity index (χ0) is 16.2. The molecule has 3 rings (SSSR count). The lowest BCUT2D eigenvalue weighted by molar-refractivity contribution is -0.112. The van der Waals surface area contributed by atoms with Gasteiger partial charge in [-0.2, -0.15) is 0 Å². The van der Waals surface area contributed by atoms with Gasteiger partial charge in [0.2, 0.25) is 0 Å². The van der Waals surface area contributed by atoms with Crippen molar-refractivity contribution in [2.75, 3.05) is 17.8 Å². The summed E-state index contributed by atoms with van der Waals surface area (Å²) in [5, 5.41) is 4.75. The number of thioether (sulfide) groups is 6. The van der Waals surface area contributed by atoms with Gasteiger partial charge in [-0.1, -0.05) is 53.1 Å². The van der Waals surface area contributed by atoms with Crippen LogP contribution in [0.5, 0.6) is 0 Å². The Kier molecular flexibility index (Phi) is 6.45. The van der Waals surface area contributed by atoms with Crippen LogP contribution in [0.1, 0.15) is 0 Å². The number of nitrogens with one attached hydrogen (secondary N) is 1. The molecule has 0 spiro atoms. The van der Waals surface area contributed by atoms with E-state index in [9.17, 15) is 4.79 Å². The molecular formula is C14H12N2OS6. The lowest BCUT2D eigenvalue weighted by Gasteiger charge is -2.04. The van der Waals surface area contributed by atoms with E-state index in [1.165, 1.54) is 28.7 Å². The van der Waals surface area contributed by atoms with Crippen LogP contribution in [0.4, 0.5) is 5.82 Å². The second-order valence-corrected chi connectivity index (χ2v) is 10.8. The summed E-state index contributed by atoms with van der Waals surface area (Å²) in [6.45, 7) is 0. The number of nitrogens with zero attached hydrogens (tertiary/aromatic N) is 1. The Bertz CT molecular complexity index is 695. The van der Waals surface area contributed by atoms with E-state index in [1.807, 2.05) is 17.5 Å². The Labute approximate surface area is 160 Å². The predicted octanol–water partition coefficient (Wildman–Crippen LogP) is 5.80. The van der Waals surface area contributed by atoms with E-state index in [4.69, 9.17) is 0 Å². The Morgan fingerprint density at radius 2 is 1.83 bits per heavy atom. The third-order valence-corrected chi connectivity index (χ3v) is 10.8. The molecule has 3 heterocycles. The molecule has 9 heteroatoms. The van der Waals surface area contributed by atoms with E-state index >= 15 is 0 Å². The van der Waals surface area contributed by atoms with Crippen LogP contribution in [0, 0.1) is 0 Å². The first-order chi connectivity index (χ1) is 11.2. The van der Waals surface area contributed by atoms with Crippen molar-refractivity contribution in [1.82, 2.24) is 4.98 Å².